The number of hydrogen-bond acceptors (Lipinski definition) is 3. The van der Waals surface area contributed by atoms with Crippen LogP contribution in [0.1, 0.15) is 33.3 Å². The van der Waals surface area contributed by atoms with Crippen LogP contribution in [0, 0.1) is 0 Å². The molecule has 2 aliphatic heterocycles. The third-order valence-electron chi connectivity index (χ3n) is 5.59. The van der Waals surface area contributed by atoms with Crippen LogP contribution in [-0.2, 0) is 15.7 Å². The number of rotatable bonds is 2. The summed E-state index contributed by atoms with van der Waals surface area (Å²) in [5.41, 5.74) is 4.42. The molecule has 1 saturated heterocycles. The average Bonchev–Trinajstić information content (AvgIpc) is 3.06. The van der Waals surface area contributed by atoms with E-state index in [1.165, 1.54) is 16.9 Å². The third-order valence-corrected chi connectivity index (χ3v) is 5.59. The highest BCUT2D eigenvalue weighted by atomic mass is 16.7. The maximum atomic E-state index is 6.19. The Labute approximate surface area is 144 Å². The molecule has 1 fully saturated rings. The minimum atomic E-state index is -0.299. The SMILES string of the molecule is CC1(C)OB(c2ccc3c(c2)CCN3c2ccccc2)OC1(C)C. The van der Waals surface area contributed by atoms with Crippen molar-refractivity contribution in [2.45, 2.75) is 45.3 Å². The van der Waals surface area contributed by atoms with E-state index in [-0.39, 0.29) is 18.3 Å². The number of para-hydroxylation sites is 1. The summed E-state index contributed by atoms with van der Waals surface area (Å²) in [6.45, 7) is 9.40. The molecule has 2 heterocycles. The van der Waals surface area contributed by atoms with Gasteiger partial charge < -0.3 is 14.2 Å². The molecule has 0 aliphatic carbocycles. The molecule has 0 amide bonds. The lowest BCUT2D eigenvalue weighted by Crippen LogP contribution is -2.41. The Morgan fingerprint density at radius 1 is 0.917 bits per heavy atom. The summed E-state index contributed by atoms with van der Waals surface area (Å²) in [5, 5.41) is 0. The van der Waals surface area contributed by atoms with Crippen molar-refractivity contribution in [3.05, 3.63) is 54.1 Å². The van der Waals surface area contributed by atoms with E-state index in [1.807, 2.05) is 0 Å². The monoisotopic (exact) mass is 321 g/mol. The highest BCUT2D eigenvalue weighted by Crippen LogP contribution is 2.38. The van der Waals surface area contributed by atoms with E-state index in [0.29, 0.717) is 0 Å². The second-order valence-corrected chi connectivity index (χ2v) is 7.71. The van der Waals surface area contributed by atoms with Gasteiger partial charge in [-0.25, -0.2) is 0 Å². The highest BCUT2D eigenvalue weighted by molar-refractivity contribution is 6.62. The van der Waals surface area contributed by atoms with Crippen molar-refractivity contribution < 1.29 is 9.31 Å². The summed E-state index contributed by atoms with van der Waals surface area (Å²) in [6.07, 6.45) is 1.05. The molecule has 0 unspecified atom stereocenters. The zero-order chi connectivity index (χ0) is 16.9. The van der Waals surface area contributed by atoms with E-state index in [2.05, 4.69) is 81.1 Å². The first-order chi connectivity index (χ1) is 11.4. The van der Waals surface area contributed by atoms with Gasteiger partial charge >= 0.3 is 7.12 Å². The lowest BCUT2D eigenvalue weighted by molar-refractivity contribution is 0.00578. The van der Waals surface area contributed by atoms with Gasteiger partial charge in [0.2, 0.25) is 0 Å². The molecule has 24 heavy (non-hydrogen) atoms. The molecule has 0 atom stereocenters. The first-order valence-corrected chi connectivity index (χ1v) is 8.68. The fourth-order valence-electron chi connectivity index (χ4n) is 3.42. The van der Waals surface area contributed by atoms with Crippen molar-refractivity contribution in [2.24, 2.45) is 0 Å². The summed E-state index contributed by atoms with van der Waals surface area (Å²) in [5.74, 6) is 0. The Kier molecular flexibility index (Phi) is 3.52. The van der Waals surface area contributed by atoms with Crippen molar-refractivity contribution in [1.29, 1.82) is 0 Å². The van der Waals surface area contributed by atoms with Crippen LogP contribution < -0.4 is 10.4 Å². The van der Waals surface area contributed by atoms with Gasteiger partial charge in [-0.1, -0.05) is 30.3 Å². The molecule has 2 aliphatic rings. The van der Waals surface area contributed by atoms with Crippen LogP contribution in [0.3, 0.4) is 0 Å². The third kappa shape index (κ3) is 2.45. The summed E-state index contributed by atoms with van der Waals surface area (Å²) < 4.78 is 12.4. The predicted molar refractivity (Wildman–Crippen MR) is 99.3 cm³/mol. The van der Waals surface area contributed by atoms with E-state index in [0.717, 1.165) is 18.4 Å². The van der Waals surface area contributed by atoms with Gasteiger partial charge in [0.1, 0.15) is 0 Å². The topological polar surface area (TPSA) is 21.7 Å². The Morgan fingerprint density at radius 3 is 2.25 bits per heavy atom. The number of hydrogen-bond donors (Lipinski definition) is 0. The number of nitrogens with zero attached hydrogens (tertiary/aromatic N) is 1. The van der Waals surface area contributed by atoms with Gasteiger partial charge in [-0.05, 0) is 63.3 Å². The van der Waals surface area contributed by atoms with Gasteiger partial charge in [0.25, 0.3) is 0 Å². The van der Waals surface area contributed by atoms with Gasteiger partial charge in [-0.15, -0.1) is 0 Å². The molecule has 0 bridgehead atoms. The normalized spacial score (nSPS) is 21.2. The molecule has 0 radical (unpaired) electrons. The van der Waals surface area contributed by atoms with Crippen molar-refractivity contribution >= 4 is 24.0 Å². The fourth-order valence-corrected chi connectivity index (χ4v) is 3.42. The van der Waals surface area contributed by atoms with Crippen LogP contribution in [0.5, 0.6) is 0 Å². The Morgan fingerprint density at radius 2 is 1.58 bits per heavy atom. The van der Waals surface area contributed by atoms with E-state index in [9.17, 15) is 0 Å². The minimum Gasteiger partial charge on any atom is -0.399 e. The molecule has 2 aromatic rings. The van der Waals surface area contributed by atoms with Gasteiger partial charge in [0.05, 0.1) is 11.2 Å². The van der Waals surface area contributed by atoms with Crippen molar-refractivity contribution in [2.75, 3.05) is 11.4 Å². The molecule has 0 saturated carbocycles. The zero-order valence-electron chi connectivity index (χ0n) is 14.9. The molecule has 124 valence electrons. The fraction of sp³-hybridized carbons (Fsp3) is 0.400. The molecular formula is C20H24BNO2. The largest absolute Gasteiger partial charge is 0.494 e. The second kappa shape index (κ2) is 5.37. The summed E-state index contributed by atoms with van der Waals surface area (Å²) in [6, 6.07) is 17.2. The lowest BCUT2D eigenvalue weighted by atomic mass is 9.78. The van der Waals surface area contributed by atoms with Crippen LogP contribution in [-0.4, -0.2) is 24.9 Å². The van der Waals surface area contributed by atoms with Crippen LogP contribution >= 0.6 is 0 Å². The number of benzene rings is 2. The van der Waals surface area contributed by atoms with Gasteiger partial charge in [-0.3, -0.25) is 0 Å². The molecule has 4 rings (SSSR count). The molecule has 4 heteroatoms. The Bertz CT molecular complexity index is 741. The number of fused-ring (bicyclic) bond motifs is 1. The van der Waals surface area contributed by atoms with Gasteiger partial charge in [0, 0.05) is 17.9 Å². The van der Waals surface area contributed by atoms with Crippen LogP contribution in [0.15, 0.2) is 48.5 Å². The summed E-state index contributed by atoms with van der Waals surface area (Å²) in [4.78, 5) is 2.38. The quantitative estimate of drug-likeness (QED) is 0.788. The number of anilines is 2. The second-order valence-electron chi connectivity index (χ2n) is 7.71. The van der Waals surface area contributed by atoms with Crippen LogP contribution in [0.2, 0.25) is 0 Å². The molecular weight excluding hydrogens is 297 g/mol. The maximum absolute atomic E-state index is 6.19. The smallest absolute Gasteiger partial charge is 0.399 e. The maximum Gasteiger partial charge on any atom is 0.494 e. The van der Waals surface area contributed by atoms with E-state index in [1.54, 1.807) is 0 Å². The lowest BCUT2D eigenvalue weighted by Gasteiger charge is -2.32. The molecule has 0 spiro atoms. The Hall–Kier alpha value is -1.78. The first kappa shape index (κ1) is 15.7. The van der Waals surface area contributed by atoms with Gasteiger partial charge in [-0.2, -0.15) is 0 Å². The van der Waals surface area contributed by atoms with E-state index in [4.69, 9.17) is 9.31 Å². The highest BCUT2D eigenvalue weighted by Gasteiger charge is 2.51. The minimum absolute atomic E-state index is 0.286. The molecule has 2 aromatic carbocycles. The van der Waals surface area contributed by atoms with Crippen molar-refractivity contribution in [3.8, 4) is 0 Å². The summed E-state index contributed by atoms with van der Waals surface area (Å²) >= 11 is 0. The average molecular weight is 321 g/mol. The van der Waals surface area contributed by atoms with Crippen molar-refractivity contribution in [3.63, 3.8) is 0 Å². The van der Waals surface area contributed by atoms with Gasteiger partial charge in [0.15, 0.2) is 0 Å². The first-order valence-electron chi connectivity index (χ1n) is 8.68. The zero-order valence-corrected chi connectivity index (χ0v) is 14.9. The molecule has 0 aromatic heterocycles. The standard InChI is InChI=1S/C20H24BNO2/c1-19(2)20(3,4)24-21(23-19)16-10-11-18-15(14-16)12-13-22(18)17-8-6-5-7-9-17/h5-11,14H,12-13H2,1-4H3. The predicted octanol–water partition coefficient (Wildman–Crippen LogP) is 3.68. The van der Waals surface area contributed by atoms with E-state index < -0.39 is 0 Å². The van der Waals surface area contributed by atoms with E-state index >= 15 is 0 Å². The van der Waals surface area contributed by atoms with Crippen LogP contribution in [0.25, 0.3) is 0 Å². The molecule has 3 nitrogen and oxygen atoms in total. The Balaban J connectivity index is 1.62. The molecule has 0 N–H and O–H groups in total. The summed E-state index contributed by atoms with van der Waals surface area (Å²) in [7, 11) is -0.286. The van der Waals surface area contributed by atoms with Crippen molar-refractivity contribution in [1.82, 2.24) is 0 Å². The van der Waals surface area contributed by atoms with Crippen LogP contribution in [0.4, 0.5) is 11.4 Å².